The summed E-state index contributed by atoms with van der Waals surface area (Å²) in [5.74, 6) is 0. The first-order valence-corrected chi connectivity index (χ1v) is 59.3. The number of fused-ring (bicyclic) bond motifs is 28. The van der Waals surface area contributed by atoms with E-state index in [1.165, 1.54) is 177 Å². The van der Waals surface area contributed by atoms with E-state index in [-0.39, 0.29) is 21.7 Å². The monoisotopic (exact) mass is 1890 g/mol. The lowest BCUT2D eigenvalue weighted by Crippen LogP contribution is -2.37. The predicted molar refractivity (Wildman–Crippen MR) is 577 cm³/mol. The zero-order valence-electron chi connectivity index (χ0n) is 77.3. The number of thiophene rings is 2. The van der Waals surface area contributed by atoms with Gasteiger partial charge < -0.3 is 15.1 Å². The SMILES string of the molecule is Brc1ccc2c(c1)C1(c3ccccc3-c3ccccc31)c1cc(Br)c3c(sc4ccccc43)c1-2.CC(C)(C)c1ccc(N(c2ccc([Si](C)(C)C)cc2)c2ccc3c(c2)C2(c4ccccc4-c4ccccc42)c2cc(N(c4ccc(C(C)(C)C)cc4)c4ccc([Si](C)(C)C)cc4)c4c(sc5ccccc54)c2-3)cc1.CC(C)(C)c1ccc(Nc2ccc([Si](C)(C)C)cc2)cc1. The molecule has 4 aliphatic carbocycles. The molecule has 2 spiro atoms. The van der Waals surface area contributed by atoms with E-state index in [2.05, 4.69) is 508 Å². The highest BCUT2D eigenvalue weighted by molar-refractivity contribution is 9.11. The Balaban J connectivity index is 0.000000154. The Morgan fingerprint density at radius 3 is 1.01 bits per heavy atom. The summed E-state index contributed by atoms with van der Waals surface area (Å²) in [6.45, 7) is 42.3. The third kappa shape index (κ3) is 14.6. The smallest absolute Gasteiger partial charge is 0.0775 e. The van der Waals surface area contributed by atoms with Crippen LogP contribution in [0.25, 0.3) is 84.9 Å². The fraction of sp³-hybridized carbons (Fsp3) is 0.193. The molecule has 0 atom stereocenters. The number of hydrogen-bond acceptors (Lipinski definition) is 5. The van der Waals surface area contributed by atoms with Crippen molar-refractivity contribution in [3.63, 3.8) is 0 Å². The standard InChI is InChI=1S/C69H68N2SSi2.C31H16Br2S.C19H27NSi/c1-67(2,3)45-25-29-47(30-26-45)70(48-33-38-52(39-34-48)73(7,8)9)51-37-42-56-60(43-51)69(58-22-16-13-19-54(58)55-20-14-17-23-59(55)69)61-44-62(65-57-21-15-18-24-63(57)72-66(65)64(56)61)71(49-31-27-46(28-32-49)68(4,5)6)50-35-40-53(41-36-50)74(10,11)12;32-17-13-14-20-24(15-17)31(22-10-4-1-7-18(22)19-8-2-5-11-23(19)31)25-16-26(33)29-21-9-3-6-12-27(21)34-30(29)28(20)25;1-19(2,3)15-7-9-16(10-8-15)20-17-11-13-18(14-12-17)21(4,5)6/h13-44H,1-12H3;1-16H;7-14,20H,1-6H3. The molecule has 0 fully saturated rings. The highest BCUT2D eigenvalue weighted by Gasteiger charge is 2.55. The van der Waals surface area contributed by atoms with Gasteiger partial charge in [-0.25, -0.2) is 0 Å². The molecule has 2 heterocycles. The van der Waals surface area contributed by atoms with E-state index in [1.54, 1.807) is 0 Å². The normalized spacial score (nSPS) is 13.7. The molecule has 0 bridgehead atoms. The van der Waals surface area contributed by atoms with Crippen LogP contribution in [0.4, 0.5) is 45.5 Å². The van der Waals surface area contributed by atoms with Gasteiger partial charge in [0, 0.05) is 100 Å². The minimum Gasteiger partial charge on any atom is -0.356 e. The van der Waals surface area contributed by atoms with Crippen LogP contribution in [0.15, 0.2) is 349 Å². The van der Waals surface area contributed by atoms with Crippen molar-refractivity contribution in [3.8, 4) is 44.5 Å². The van der Waals surface area contributed by atoms with Gasteiger partial charge in [0.1, 0.15) is 0 Å². The summed E-state index contributed by atoms with van der Waals surface area (Å²) in [5.41, 5.74) is 34.1. The lowest BCUT2D eigenvalue weighted by molar-refractivity contribution is 0.590. The molecule has 640 valence electrons. The van der Waals surface area contributed by atoms with Gasteiger partial charge in [0.05, 0.1) is 40.7 Å². The lowest BCUT2D eigenvalue weighted by atomic mass is 9.70. The molecule has 0 aliphatic heterocycles. The minimum absolute atomic E-state index is 0.0237. The molecule has 0 saturated heterocycles. The number of nitrogens with zero attached hydrogens (tertiary/aromatic N) is 2. The van der Waals surface area contributed by atoms with Gasteiger partial charge in [-0.15, -0.1) is 22.7 Å². The van der Waals surface area contributed by atoms with Crippen molar-refractivity contribution in [2.24, 2.45) is 0 Å². The third-order valence-corrected chi connectivity index (χ3v) is 37.2. The van der Waals surface area contributed by atoms with Crippen LogP contribution in [0.2, 0.25) is 58.9 Å². The zero-order chi connectivity index (χ0) is 90.0. The molecule has 0 unspecified atom stereocenters. The maximum atomic E-state index is 4.02. The van der Waals surface area contributed by atoms with Crippen LogP contribution in [0, 0.1) is 0 Å². The quantitative estimate of drug-likeness (QED) is 0.130. The minimum atomic E-state index is -1.58. The highest BCUT2D eigenvalue weighted by atomic mass is 79.9. The van der Waals surface area contributed by atoms with Crippen molar-refractivity contribution in [3.05, 3.63) is 410 Å². The van der Waals surface area contributed by atoms with Crippen LogP contribution in [0.1, 0.15) is 124 Å². The van der Waals surface area contributed by atoms with Crippen molar-refractivity contribution in [2.75, 3.05) is 15.1 Å². The molecule has 2 aromatic heterocycles. The first-order valence-electron chi connectivity index (χ1n) is 45.6. The van der Waals surface area contributed by atoms with Crippen LogP contribution in [-0.2, 0) is 27.1 Å². The van der Waals surface area contributed by atoms with Gasteiger partial charge in [-0.1, -0.05) is 387 Å². The summed E-state index contributed by atoms with van der Waals surface area (Å²) in [4.78, 5) is 5.07. The van der Waals surface area contributed by atoms with Crippen LogP contribution in [-0.4, -0.2) is 24.2 Å². The molecule has 0 radical (unpaired) electrons. The lowest BCUT2D eigenvalue weighted by Gasteiger charge is -2.34. The van der Waals surface area contributed by atoms with E-state index in [1.807, 2.05) is 22.7 Å². The van der Waals surface area contributed by atoms with E-state index >= 15 is 0 Å². The van der Waals surface area contributed by atoms with Gasteiger partial charge in [0.15, 0.2) is 0 Å². The molecule has 129 heavy (non-hydrogen) atoms. The van der Waals surface area contributed by atoms with E-state index < -0.39 is 29.6 Å². The molecular weight excluding hydrogens is 1780 g/mol. The van der Waals surface area contributed by atoms with Crippen LogP contribution in [0.5, 0.6) is 0 Å². The third-order valence-electron chi connectivity index (χ3n) is 27.5. The van der Waals surface area contributed by atoms with E-state index in [9.17, 15) is 0 Å². The van der Waals surface area contributed by atoms with E-state index in [0.29, 0.717) is 0 Å². The van der Waals surface area contributed by atoms with Gasteiger partial charge >= 0.3 is 0 Å². The number of halogens is 2. The Morgan fingerprint density at radius 1 is 0.279 bits per heavy atom. The fourth-order valence-corrected chi connectivity index (χ4v) is 28.0. The summed E-state index contributed by atoms with van der Waals surface area (Å²) in [5, 5.41) is 13.1. The van der Waals surface area contributed by atoms with Gasteiger partial charge in [-0.2, -0.15) is 0 Å². The number of benzene rings is 16. The van der Waals surface area contributed by atoms with Crippen molar-refractivity contribution >= 4 is 180 Å². The maximum absolute atomic E-state index is 4.02. The molecule has 0 amide bonds. The summed E-state index contributed by atoms with van der Waals surface area (Å²) in [6, 6.07) is 129. The van der Waals surface area contributed by atoms with Gasteiger partial charge in [0.25, 0.3) is 0 Å². The summed E-state index contributed by atoms with van der Waals surface area (Å²) >= 11 is 11.7. The molecule has 3 nitrogen and oxygen atoms in total. The second-order valence-corrected chi connectivity index (χ2v) is 61.1. The molecule has 10 heteroatoms. The molecule has 22 rings (SSSR count). The average molecular weight is 1890 g/mol. The van der Waals surface area contributed by atoms with Crippen molar-refractivity contribution in [2.45, 2.75) is 148 Å². The molecule has 4 aliphatic rings. The van der Waals surface area contributed by atoms with Crippen molar-refractivity contribution in [1.29, 1.82) is 0 Å². The summed E-state index contributed by atoms with van der Waals surface area (Å²) in [6.07, 6.45) is 0. The molecule has 1 N–H and O–H groups in total. The Morgan fingerprint density at radius 2 is 0.597 bits per heavy atom. The second-order valence-electron chi connectivity index (χ2n) is 41.9. The van der Waals surface area contributed by atoms with Gasteiger partial charge in [0.2, 0.25) is 0 Å². The predicted octanol–water partition coefficient (Wildman–Crippen LogP) is 34.2. The molecular formula is C119H111Br2N3S2Si3. The fourth-order valence-electron chi connectivity index (χ4n) is 20.8. The maximum Gasteiger partial charge on any atom is 0.0775 e. The average Bonchev–Trinajstić information content (AvgIpc) is 1.50. The largest absolute Gasteiger partial charge is 0.356 e. The van der Waals surface area contributed by atoms with Gasteiger partial charge in [-0.3, -0.25) is 0 Å². The number of anilines is 8. The number of rotatable bonds is 11. The van der Waals surface area contributed by atoms with Gasteiger partial charge in [-0.05, 0) is 232 Å². The Labute approximate surface area is 791 Å². The Bertz CT molecular complexity index is 7190. The van der Waals surface area contributed by atoms with Crippen molar-refractivity contribution in [1.82, 2.24) is 0 Å². The summed E-state index contributed by atoms with van der Waals surface area (Å²) in [7, 11) is -4.34. The topological polar surface area (TPSA) is 18.5 Å². The van der Waals surface area contributed by atoms with Crippen molar-refractivity contribution < 1.29 is 0 Å². The molecule has 16 aromatic carbocycles. The van der Waals surface area contributed by atoms with E-state index in [4.69, 9.17) is 0 Å². The zero-order valence-corrected chi connectivity index (χ0v) is 85.1. The first kappa shape index (κ1) is 86.0. The van der Waals surface area contributed by atoms with E-state index in [0.717, 1.165) is 38.6 Å². The molecule has 18 aromatic rings. The number of hydrogen-bond donors (Lipinski definition) is 1. The Hall–Kier alpha value is -11.0. The highest BCUT2D eigenvalue weighted by Crippen LogP contribution is 2.69. The van der Waals surface area contributed by atoms with Crippen LogP contribution < -0.4 is 30.7 Å². The number of nitrogens with one attached hydrogen (secondary N) is 1. The first-order chi connectivity index (χ1) is 61.6. The Kier molecular flexibility index (Phi) is 21.3. The molecule has 0 saturated carbocycles. The van der Waals surface area contributed by atoms with Crippen LogP contribution >= 0.6 is 54.5 Å². The second kappa shape index (κ2) is 31.9. The summed E-state index contributed by atoms with van der Waals surface area (Å²) < 4.78 is 7.62. The van der Waals surface area contributed by atoms with Crippen LogP contribution in [0.3, 0.4) is 0 Å².